The van der Waals surface area contributed by atoms with Crippen LogP contribution in [0.3, 0.4) is 0 Å². The fourth-order valence-corrected chi connectivity index (χ4v) is 4.51. The van der Waals surface area contributed by atoms with E-state index in [0.29, 0.717) is 45.2 Å². The molecule has 0 aliphatic carbocycles. The van der Waals surface area contributed by atoms with Crippen LogP contribution in [0.25, 0.3) is 16.6 Å². The van der Waals surface area contributed by atoms with Crippen molar-refractivity contribution < 1.29 is 63.2 Å². The number of hydrogen-bond donors (Lipinski definition) is 0. The Morgan fingerprint density at radius 3 is 1.95 bits per heavy atom. The largest absolute Gasteiger partial charge is 1.00 e. The Morgan fingerprint density at radius 1 is 0.789 bits per heavy atom. The van der Waals surface area contributed by atoms with Crippen LogP contribution in [-0.2, 0) is 11.2 Å². The normalized spacial score (nSPS) is 11.3. The molecule has 0 fully saturated rings. The van der Waals surface area contributed by atoms with E-state index in [1.165, 1.54) is 28.4 Å². The fourth-order valence-electron chi connectivity index (χ4n) is 3.99. The maximum absolute atomic E-state index is 13.8. The summed E-state index contributed by atoms with van der Waals surface area (Å²) >= 11 is 1.01. The van der Waals surface area contributed by atoms with E-state index in [4.69, 9.17) is 18.9 Å². The molecule has 0 bridgehead atoms. The third kappa shape index (κ3) is 5.99. The molecule has 1 aromatic heterocycles. The molecule has 0 amide bonds. The van der Waals surface area contributed by atoms with Crippen molar-refractivity contribution in [2.45, 2.75) is 6.42 Å². The van der Waals surface area contributed by atoms with Crippen LogP contribution in [0.1, 0.15) is 21.5 Å². The van der Waals surface area contributed by atoms with E-state index in [-0.39, 0.29) is 52.7 Å². The summed E-state index contributed by atoms with van der Waals surface area (Å²) in [6, 6.07) is 14.6. The van der Waals surface area contributed by atoms with E-state index in [1.807, 2.05) is 0 Å². The predicted octanol–water partition coefficient (Wildman–Crippen LogP) is 0.359. The second kappa shape index (κ2) is 12.9. The Kier molecular flexibility index (Phi) is 9.87. The molecule has 0 atom stereocenters. The zero-order valence-electron chi connectivity index (χ0n) is 21.6. The van der Waals surface area contributed by atoms with E-state index >= 15 is 0 Å². The molecule has 0 N–H and O–H groups in total. The smallest absolute Gasteiger partial charge is 0.545 e. The van der Waals surface area contributed by atoms with Crippen LogP contribution in [0, 0.1) is 0 Å². The van der Waals surface area contributed by atoms with Gasteiger partial charge in [-0.25, -0.2) is 0 Å². The topological polar surface area (TPSA) is 120 Å². The number of rotatable bonds is 10. The Balaban J connectivity index is 0.00000400. The molecule has 0 saturated heterocycles. The zero-order valence-corrected chi connectivity index (χ0v) is 24.4. The van der Waals surface area contributed by atoms with Crippen LogP contribution in [0.5, 0.6) is 23.0 Å². The number of nitrogens with zero attached hydrogens (tertiary/aromatic N) is 2. The third-order valence-corrected chi connectivity index (χ3v) is 6.34. The molecular weight excluding hydrogens is 519 g/mol. The number of aromatic nitrogens is 2. The van der Waals surface area contributed by atoms with Gasteiger partial charge in [-0.05, 0) is 59.7 Å². The van der Waals surface area contributed by atoms with Crippen molar-refractivity contribution in [2.24, 2.45) is 0 Å². The number of hydrogen-bond acceptors (Lipinski definition) is 10. The van der Waals surface area contributed by atoms with Crippen molar-refractivity contribution in [3.8, 4) is 23.0 Å². The van der Waals surface area contributed by atoms with Crippen molar-refractivity contribution in [3.63, 3.8) is 0 Å². The van der Waals surface area contributed by atoms with Gasteiger partial charge in [-0.3, -0.25) is 4.79 Å². The molecular formula is C27H23N2NaO7S. The molecule has 4 rings (SSSR count). The average Bonchev–Trinajstić information content (AvgIpc) is 3.39. The number of benzene rings is 3. The van der Waals surface area contributed by atoms with Gasteiger partial charge >= 0.3 is 29.6 Å². The minimum atomic E-state index is -1.49. The molecule has 190 valence electrons. The van der Waals surface area contributed by atoms with E-state index < -0.39 is 11.8 Å². The fraction of sp³-hybridized carbons (Fsp3) is 0.185. The van der Waals surface area contributed by atoms with Gasteiger partial charge in [0.15, 0.2) is 17.3 Å². The summed E-state index contributed by atoms with van der Waals surface area (Å²) in [5, 5.41) is 12.5. The first-order valence-electron chi connectivity index (χ1n) is 11.0. The van der Waals surface area contributed by atoms with Crippen LogP contribution in [0.15, 0.2) is 60.2 Å². The van der Waals surface area contributed by atoms with Crippen molar-refractivity contribution in [1.82, 2.24) is 8.75 Å². The number of carboxylic acid groups (broad SMARTS) is 1. The Bertz CT molecular complexity index is 1470. The molecule has 0 saturated carbocycles. The standard InChI is InChI=1S/C27H24N2O7S.Na/c1-33-18-8-5-16(6-9-18)25(30)19(11-15-12-22(34-2)26(36-4)23(13-15)35-3)24(27(31)32)17-7-10-20-21(14-17)29-37-28-20;/h5-10,12-14H,11H2,1-4H3,(H,31,32);/q;+1/p-1/b24-19-;. The number of carbonyl (C=O) groups is 2. The molecule has 0 radical (unpaired) electrons. The summed E-state index contributed by atoms with van der Waals surface area (Å²) in [7, 11) is 5.95. The molecule has 11 heteroatoms. The first kappa shape index (κ1) is 29.1. The van der Waals surface area contributed by atoms with Crippen LogP contribution in [0.2, 0.25) is 0 Å². The summed E-state index contributed by atoms with van der Waals surface area (Å²) in [5.74, 6) is -0.286. The van der Waals surface area contributed by atoms with Gasteiger partial charge in [0.25, 0.3) is 0 Å². The van der Waals surface area contributed by atoms with Gasteiger partial charge in [0.2, 0.25) is 5.75 Å². The van der Waals surface area contributed by atoms with Crippen LogP contribution < -0.4 is 53.6 Å². The number of carbonyl (C=O) groups excluding carboxylic acids is 2. The zero-order chi connectivity index (χ0) is 26.5. The summed E-state index contributed by atoms with van der Waals surface area (Å²) in [6.07, 6.45) is -0.0573. The molecule has 1 heterocycles. The van der Waals surface area contributed by atoms with Crippen LogP contribution in [-0.4, -0.2) is 48.9 Å². The van der Waals surface area contributed by atoms with Crippen molar-refractivity contribution in [3.05, 3.63) is 76.9 Å². The SMILES string of the molecule is COc1ccc(C(=O)/C(Cc2cc(OC)c(OC)c(OC)c2)=C(\C(=O)[O-])c2ccc3nsnc3c2)cc1.[Na+]. The molecule has 4 aromatic rings. The van der Waals surface area contributed by atoms with Gasteiger partial charge in [0.1, 0.15) is 16.8 Å². The summed E-state index contributed by atoms with van der Waals surface area (Å²) in [6.45, 7) is 0. The van der Waals surface area contributed by atoms with Crippen molar-refractivity contribution in [2.75, 3.05) is 28.4 Å². The van der Waals surface area contributed by atoms with Gasteiger partial charge in [-0.15, -0.1) is 0 Å². The van der Waals surface area contributed by atoms with Crippen LogP contribution in [0.4, 0.5) is 0 Å². The summed E-state index contributed by atoms with van der Waals surface area (Å²) < 4.78 is 29.8. The predicted molar refractivity (Wildman–Crippen MR) is 136 cm³/mol. The second-order valence-corrected chi connectivity index (χ2v) is 8.41. The van der Waals surface area contributed by atoms with Gasteiger partial charge in [-0.2, -0.15) is 8.75 Å². The Hall–Kier alpha value is -3.44. The van der Waals surface area contributed by atoms with Crippen LogP contribution >= 0.6 is 11.7 Å². The summed E-state index contributed by atoms with van der Waals surface area (Å²) in [5.41, 5.74) is 2.06. The number of allylic oxidation sites excluding steroid dienone is 1. The number of carboxylic acids is 1. The maximum Gasteiger partial charge on any atom is 1.00 e. The molecule has 9 nitrogen and oxygen atoms in total. The van der Waals surface area contributed by atoms with Gasteiger partial charge in [0.05, 0.1) is 46.1 Å². The second-order valence-electron chi connectivity index (χ2n) is 7.88. The number of ether oxygens (including phenoxy) is 4. The molecule has 0 spiro atoms. The van der Waals surface area contributed by atoms with Gasteiger partial charge in [0, 0.05) is 23.1 Å². The third-order valence-electron chi connectivity index (χ3n) is 5.78. The van der Waals surface area contributed by atoms with Crippen molar-refractivity contribution in [1.29, 1.82) is 0 Å². The average molecular weight is 543 g/mol. The first-order chi connectivity index (χ1) is 17.9. The maximum atomic E-state index is 13.8. The minimum absolute atomic E-state index is 0. The number of methoxy groups -OCH3 is 4. The number of Topliss-reactive ketones (excluding diaryl/α,β-unsaturated/α-hetero) is 1. The Labute approximate surface area is 245 Å². The molecule has 0 aliphatic rings. The number of aliphatic carboxylic acids is 1. The van der Waals surface area contributed by atoms with Crippen molar-refractivity contribution >= 4 is 40.1 Å². The first-order valence-corrected chi connectivity index (χ1v) is 11.8. The quantitative estimate of drug-likeness (QED) is 0.159. The molecule has 3 aromatic carbocycles. The number of fused-ring (bicyclic) bond motifs is 1. The van der Waals surface area contributed by atoms with Gasteiger partial charge < -0.3 is 28.8 Å². The molecule has 38 heavy (non-hydrogen) atoms. The van der Waals surface area contributed by atoms with E-state index in [0.717, 1.165) is 11.7 Å². The van der Waals surface area contributed by atoms with E-state index in [2.05, 4.69) is 8.75 Å². The summed E-state index contributed by atoms with van der Waals surface area (Å²) in [4.78, 5) is 26.4. The molecule has 0 unspecified atom stereocenters. The van der Waals surface area contributed by atoms with E-state index in [9.17, 15) is 14.7 Å². The monoisotopic (exact) mass is 542 g/mol. The number of ketones is 1. The molecule has 0 aliphatic heterocycles. The van der Waals surface area contributed by atoms with E-state index in [1.54, 1.807) is 54.6 Å². The van der Waals surface area contributed by atoms with Gasteiger partial charge in [-0.1, -0.05) is 6.07 Å². The Morgan fingerprint density at radius 2 is 1.39 bits per heavy atom. The minimum Gasteiger partial charge on any atom is -0.545 e.